The normalized spacial score (nSPS) is 11.0. The maximum absolute atomic E-state index is 9.36. The molecule has 0 aliphatic carbocycles. The molecule has 0 aliphatic heterocycles. The number of anilines is 2. The molecule has 1 heterocycles. The summed E-state index contributed by atoms with van der Waals surface area (Å²) >= 11 is 0. The van der Waals surface area contributed by atoms with Crippen LogP contribution in [0.3, 0.4) is 0 Å². The van der Waals surface area contributed by atoms with E-state index in [-0.39, 0.29) is 5.75 Å². The van der Waals surface area contributed by atoms with E-state index in [1.165, 1.54) is 0 Å². The molecule has 0 saturated heterocycles. The third-order valence-corrected chi connectivity index (χ3v) is 4.04. The fourth-order valence-electron chi connectivity index (χ4n) is 2.70. The number of nitrogens with zero attached hydrogens (tertiary/aromatic N) is 4. The van der Waals surface area contributed by atoms with Crippen LogP contribution in [0.4, 0.5) is 11.5 Å². The zero-order valence-electron chi connectivity index (χ0n) is 17.6. The van der Waals surface area contributed by atoms with Crippen LogP contribution in [0.5, 0.6) is 11.8 Å². The summed E-state index contributed by atoms with van der Waals surface area (Å²) in [6.07, 6.45) is 3.71. The third-order valence-electron chi connectivity index (χ3n) is 4.04. The van der Waals surface area contributed by atoms with Gasteiger partial charge in [0.25, 0.3) is 0 Å². The molecule has 3 N–H and O–H groups in total. The summed E-state index contributed by atoms with van der Waals surface area (Å²) in [5.41, 5.74) is 4.37. The van der Waals surface area contributed by atoms with E-state index in [0.717, 1.165) is 50.5 Å². The standard InChI is InChI=1S/C21H32N6O2/c1-4-12-27(13-5-2)20-15-18(24-21(25-20)29-14-11-22-6-3)16-23-26-17-7-9-19(28)10-8-17/h7-10,15-16,22,26,28H,4-6,11-14H2,1-3H3/b23-16+. The fraction of sp³-hybridized carbons (Fsp3) is 0.476. The maximum atomic E-state index is 9.36. The Bertz CT molecular complexity index is 745. The predicted octanol–water partition coefficient (Wildman–Crippen LogP) is 3.24. The summed E-state index contributed by atoms with van der Waals surface area (Å²) in [6.45, 7) is 10.3. The van der Waals surface area contributed by atoms with Gasteiger partial charge in [-0.1, -0.05) is 20.8 Å². The van der Waals surface area contributed by atoms with Crippen molar-refractivity contribution in [3.05, 3.63) is 36.0 Å². The van der Waals surface area contributed by atoms with E-state index >= 15 is 0 Å². The number of ether oxygens (including phenoxy) is 1. The first-order valence-corrected chi connectivity index (χ1v) is 10.2. The minimum absolute atomic E-state index is 0.214. The van der Waals surface area contributed by atoms with Gasteiger partial charge in [-0.3, -0.25) is 5.43 Å². The number of benzene rings is 1. The van der Waals surface area contributed by atoms with Crippen molar-refractivity contribution in [2.75, 3.05) is 43.1 Å². The Morgan fingerprint density at radius 2 is 1.83 bits per heavy atom. The Morgan fingerprint density at radius 1 is 1.10 bits per heavy atom. The van der Waals surface area contributed by atoms with E-state index in [1.807, 2.05) is 6.07 Å². The van der Waals surface area contributed by atoms with Gasteiger partial charge in [-0.15, -0.1) is 0 Å². The number of nitrogens with one attached hydrogen (secondary N) is 2. The van der Waals surface area contributed by atoms with Crippen molar-refractivity contribution in [2.24, 2.45) is 5.10 Å². The number of aromatic hydroxyl groups is 1. The Kier molecular flexibility index (Phi) is 9.71. The lowest BCUT2D eigenvalue weighted by atomic mass is 10.3. The number of hydrogen-bond donors (Lipinski definition) is 3. The monoisotopic (exact) mass is 400 g/mol. The van der Waals surface area contributed by atoms with Crippen molar-refractivity contribution in [2.45, 2.75) is 33.6 Å². The molecule has 0 atom stereocenters. The Morgan fingerprint density at radius 3 is 2.48 bits per heavy atom. The molecule has 0 aliphatic rings. The predicted molar refractivity (Wildman–Crippen MR) is 118 cm³/mol. The summed E-state index contributed by atoms with van der Waals surface area (Å²) in [5, 5.41) is 16.8. The first kappa shape index (κ1) is 22.4. The molecule has 1 aromatic heterocycles. The lowest BCUT2D eigenvalue weighted by Crippen LogP contribution is -2.26. The molecule has 0 radical (unpaired) electrons. The molecular formula is C21H32N6O2. The van der Waals surface area contributed by atoms with Crippen molar-refractivity contribution >= 4 is 17.7 Å². The molecule has 0 saturated carbocycles. The van der Waals surface area contributed by atoms with Crippen LogP contribution >= 0.6 is 0 Å². The Balaban J connectivity index is 2.17. The number of phenols is 1. The minimum Gasteiger partial charge on any atom is -0.508 e. The SMILES string of the molecule is CCCN(CCC)c1cc(/C=N/Nc2ccc(O)cc2)nc(OCCNCC)n1. The molecule has 0 spiro atoms. The number of rotatable bonds is 13. The Labute approximate surface area is 173 Å². The molecular weight excluding hydrogens is 368 g/mol. The zero-order valence-corrected chi connectivity index (χ0v) is 17.6. The van der Waals surface area contributed by atoms with Crippen LogP contribution in [-0.2, 0) is 0 Å². The van der Waals surface area contributed by atoms with Crippen LogP contribution in [0.2, 0.25) is 0 Å². The zero-order chi connectivity index (χ0) is 20.9. The van der Waals surface area contributed by atoms with Crippen molar-refractivity contribution in [3.63, 3.8) is 0 Å². The number of phenolic OH excluding ortho intramolecular Hbond substituents is 1. The van der Waals surface area contributed by atoms with Gasteiger partial charge in [0.2, 0.25) is 0 Å². The van der Waals surface area contributed by atoms with Crippen LogP contribution in [0.25, 0.3) is 0 Å². The van der Waals surface area contributed by atoms with Gasteiger partial charge in [0.1, 0.15) is 18.2 Å². The second kappa shape index (κ2) is 12.6. The average molecular weight is 401 g/mol. The van der Waals surface area contributed by atoms with E-state index in [1.54, 1.807) is 30.5 Å². The van der Waals surface area contributed by atoms with Crippen molar-refractivity contribution in [3.8, 4) is 11.8 Å². The van der Waals surface area contributed by atoms with E-state index in [0.29, 0.717) is 18.3 Å². The summed E-state index contributed by atoms with van der Waals surface area (Å²) in [6, 6.07) is 8.97. The van der Waals surface area contributed by atoms with Gasteiger partial charge < -0.3 is 20.1 Å². The molecule has 0 bridgehead atoms. The second-order valence-corrected chi connectivity index (χ2v) is 6.54. The summed E-state index contributed by atoms with van der Waals surface area (Å²) in [7, 11) is 0. The summed E-state index contributed by atoms with van der Waals surface area (Å²) in [4.78, 5) is 11.3. The summed E-state index contributed by atoms with van der Waals surface area (Å²) < 4.78 is 5.75. The topological polar surface area (TPSA) is 94.9 Å². The van der Waals surface area contributed by atoms with Crippen molar-refractivity contribution in [1.29, 1.82) is 0 Å². The molecule has 2 rings (SSSR count). The molecule has 0 amide bonds. The van der Waals surface area contributed by atoms with E-state index in [2.05, 4.69) is 51.5 Å². The van der Waals surface area contributed by atoms with Crippen molar-refractivity contribution in [1.82, 2.24) is 15.3 Å². The van der Waals surface area contributed by atoms with E-state index < -0.39 is 0 Å². The molecule has 0 unspecified atom stereocenters. The fourth-order valence-corrected chi connectivity index (χ4v) is 2.70. The molecule has 0 fully saturated rings. The minimum atomic E-state index is 0.214. The molecule has 8 heteroatoms. The van der Waals surface area contributed by atoms with E-state index in [9.17, 15) is 5.11 Å². The molecule has 158 valence electrons. The van der Waals surface area contributed by atoms with Gasteiger partial charge in [0, 0.05) is 25.7 Å². The van der Waals surface area contributed by atoms with Gasteiger partial charge in [0.05, 0.1) is 17.6 Å². The lowest BCUT2D eigenvalue weighted by Gasteiger charge is -2.23. The van der Waals surface area contributed by atoms with Crippen LogP contribution in [0.1, 0.15) is 39.3 Å². The van der Waals surface area contributed by atoms with E-state index in [4.69, 9.17) is 4.74 Å². The Hall–Kier alpha value is -2.87. The molecule has 8 nitrogen and oxygen atoms in total. The first-order valence-electron chi connectivity index (χ1n) is 10.2. The van der Waals surface area contributed by atoms with Gasteiger partial charge in [-0.2, -0.15) is 15.1 Å². The average Bonchev–Trinajstić information content (AvgIpc) is 2.72. The van der Waals surface area contributed by atoms with Crippen molar-refractivity contribution < 1.29 is 9.84 Å². The third kappa shape index (κ3) is 7.95. The smallest absolute Gasteiger partial charge is 0.319 e. The van der Waals surface area contributed by atoms with Crippen LogP contribution < -0.4 is 20.4 Å². The highest BCUT2D eigenvalue weighted by Crippen LogP contribution is 2.17. The van der Waals surface area contributed by atoms with Crippen LogP contribution in [-0.4, -0.2) is 54.1 Å². The molecule has 29 heavy (non-hydrogen) atoms. The first-order chi connectivity index (χ1) is 14.2. The summed E-state index contributed by atoms with van der Waals surface area (Å²) in [5.74, 6) is 1.06. The maximum Gasteiger partial charge on any atom is 0.319 e. The van der Waals surface area contributed by atoms with Gasteiger partial charge in [-0.25, -0.2) is 0 Å². The van der Waals surface area contributed by atoms with Gasteiger partial charge in [0.15, 0.2) is 0 Å². The molecule has 1 aromatic carbocycles. The highest BCUT2D eigenvalue weighted by molar-refractivity contribution is 5.79. The molecule has 2 aromatic rings. The van der Waals surface area contributed by atoms with Gasteiger partial charge >= 0.3 is 6.01 Å². The number of hydrazone groups is 1. The highest BCUT2D eigenvalue weighted by Gasteiger charge is 2.11. The van der Waals surface area contributed by atoms with Crippen LogP contribution in [0.15, 0.2) is 35.4 Å². The van der Waals surface area contributed by atoms with Crippen LogP contribution in [0, 0.1) is 0 Å². The largest absolute Gasteiger partial charge is 0.508 e. The highest BCUT2D eigenvalue weighted by atomic mass is 16.5. The number of likely N-dealkylation sites (N-methyl/N-ethyl adjacent to an activating group) is 1. The van der Waals surface area contributed by atoms with Gasteiger partial charge in [-0.05, 0) is 43.7 Å². The number of hydrogen-bond acceptors (Lipinski definition) is 8. The quantitative estimate of drug-likeness (QED) is 0.206. The second-order valence-electron chi connectivity index (χ2n) is 6.54. The number of aromatic nitrogens is 2. The lowest BCUT2D eigenvalue weighted by molar-refractivity contribution is 0.291.